The Balaban J connectivity index is 1.22. The Morgan fingerprint density at radius 3 is 2.27 bits per heavy atom. The van der Waals surface area contributed by atoms with Gasteiger partial charge in [0.05, 0.1) is 0 Å². The summed E-state index contributed by atoms with van der Waals surface area (Å²) in [5.74, 6) is 3.53. The molecule has 0 bridgehead atoms. The van der Waals surface area contributed by atoms with Crippen molar-refractivity contribution in [2.45, 2.75) is 64.4 Å². The van der Waals surface area contributed by atoms with Gasteiger partial charge in [-0.1, -0.05) is 80.4 Å². The molecule has 0 aliphatic heterocycles. The standard InChI is InChI=1S/C31H35FO/c1-2-22-8-9-28-19-27(15-14-26(28)18-22)24-10-12-25(13-11-24)29-16-17-31(30(32)20-29)33-21-23-6-4-3-5-7-23/h3-7,10-13,16-17,20,22,26-28H,2,8-9,14-15,18-19,21H2,1H3/t22?,26-,27-,28-/m1/s1. The van der Waals surface area contributed by atoms with Crippen LogP contribution in [0.4, 0.5) is 4.39 Å². The molecule has 172 valence electrons. The van der Waals surface area contributed by atoms with E-state index in [1.54, 1.807) is 12.1 Å². The summed E-state index contributed by atoms with van der Waals surface area (Å²) in [7, 11) is 0. The first kappa shape index (κ1) is 22.2. The highest BCUT2D eigenvalue weighted by atomic mass is 19.1. The molecule has 3 aromatic carbocycles. The fourth-order valence-electron chi connectivity index (χ4n) is 6.14. The first-order chi connectivity index (χ1) is 16.2. The van der Waals surface area contributed by atoms with Crippen LogP contribution in [0.15, 0.2) is 72.8 Å². The summed E-state index contributed by atoms with van der Waals surface area (Å²) in [6.45, 7) is 2.73. The van der Waals surface area contributed by atoms with Crippen LogP contribution in [0.3, 0.4) is 0 Å². The number of rotatable bonds is 6. The Labute approximate surface area is 198 Å². The number of halogens is 1. The van der Waals surface area contributed by atoms with Crippen molar-refractivity contribution in [3.63, 3.8) is 0 Å². The van der Waals surface area contributed by atoms with Crippen LogP contribution in [0, 0.1) is 23.6 Å². The predicted molar refractivity (Wildman–Crippen MR) is 134 cm³/mol. The van der Waals surface area contributed by atoms with E-state index in [1.807, 2.05) is 36.4 Å². The van der Waals surface area contributed by atoms with E-state index < -0.39 is 0 Å². The minimum Gasteiger partial charge on any atom is -0.486 e. The zero-order chi connectivity index (χ0) is 22.6. The summed E-state index contributed by atoms with van der Waals surface area (Å²) in [6.07, 6.45) is 9.73. The normalized spacial score (nSPS) is 24.8. The van der Waals surface area contributed by atoms with Gasteiger partial charge in [-0.15, -0.1) is 0 Å². The van der Waals surface area contributed by atoms with Crippen molar-refractivity contribution in [1.29, 1.82) is 0 Å². The molecule has 0 amide bonds. The van der Waals surface area contributed by atoms with Crippen LogP contribution in [-0.2, 0) is 6.61 Å². The highest BCUT2D eigenvalue weighted by Crippen LogP contribution is 2.48. The monoisotopic (exact) mass is 442 g/mol. The van der Waals surface area contributed by atoms with Crippen LogP contribution < -0.4 is 4.74 Å². The molecule has 0 radical (unpaired) electrons. The van der Waals surface area contributed by atoms with Crippen LogP contribution in [0.25, 0.3) is 11.1 Å². The molecule has 2 saturated carbocycles. The van der Waals surface area contributed by atoms with Crippen molar-refractivity contribution in [1.82, 2.24) is 0 Å². The summed E-state index contributed by atoms with van der Waals surface area (Å²) in [4.78, 5) is 0. The minimum atomic E-state index is -0.312. The molecule has 0 saturated heterocycles. The lowest BCUT2D eigenvalue weighted by atomic mass is 9.63. The van der Waals surface area contributed by atoms with Crippen LogP contribution in [-0.4, -0.2) is 0 Å². The molecule has 2 aliphatic rings. The first-order valence-corrected chi connectivity index (χ1v) is 12.8. The van der Waals surface area contributed by atoms with Crippen molar-refractivity contribution < 1.29 is 9.13 Å². The Kier molecular flexibility index (Phi) is 6.80. The van der Waals surface area contributed by atoms with Gasteiger partial charge in [0.15, 0.2) is 11.6 Å². The third kappa shape index (κ3) is 5.16. The van der Waals surface area contributed by atoms with Crippen LogP contribution >= 0.6 is 0 Å². The second-order valence-electron chi connectivity index (χ2n) is 10.2. The average molecular weight is 443 g/mol. The molecule has 0 N–H and O–H groups in total. The Morgan fingerprint density at radius 1 is 0.788 bits per heavy atom. The van der Waals surface area contributed by atoms with Gasteiger partial charge in [-0.05, 0) is 90.2 Å². The molecule has 2 heteroatoms. The minimum absolute atomic E-state index is 0.300. The third-order valence-electron chi connectivity index (χ3n) is 8.18. The number of ether oxygens (including phenoxy) is 1. The summed E-state index contributed by atoms with van der Waals surface area (Å²) < 4.78 is 20.4. The van der Waals surface area contributed by atoms with Crippen molar-refractivity contribution in [3.05, 3.63) is 89.7 Å². The molecule has 2 fully saturated rings. The lowest BCUT2D eigenvalue weighted by Crippen LogP contribution is -2.30. The Hall–Kier alpha value is -2.61. The smallest absolute Gasteiger partial charge is 0.165 e. The average Bonchev–Trinajstić information content (AvgIpc) is 2.88. The first-order valence-electron chi connectivity index (χ1n) is 12.8. The number of fused-ring (bicyclic) bond motifs is 1. The molecule has 0 spiro atoms. The molecule has 1 unspecified atom stereocenters. The van der Waals surface area contributed by atoms with E-state index in [0.29, 0.717) is 18.3 Å². The maximum atomic E-state index is 14.7. The number of hydrogen-bond acceptors (Lipinski definition) is 1. The summed E-state index contributed by atoms with van der Waals surface area (Å²) in [5.41, 5.74) is 4.44. The maximum absolute atomic E-state index is 14.7. The fraction of sp³-hybridized carbons (Fsp3) is 0.419. The van der Waals surface area contributed by atoms with Gasteiger partial charge in [-0.3, -0.25) is 0 Å². The lowest BCUT2D eigenvalue weighted by molar-refractivity contribution is 0.116. The molecule has 0 aromatic heterocycles. The molecule has 1 nitrogen and oxygen atoms in total. The van der Waals surface area contributed by atoms with Gasteiger partial charge in [-0.2, -0.15) is 0 Å². The zero-order valence-corrected chi connectivity index (χ0v) is 19.7. The summed E-state index contributed by atoms with van der Waals surface area (Å²) in [6, 6.07) is 24.0. The summed E-state index contributed by atoms with van der Waals surface area (Å²) in [5, 5.41) is 0. The molecular weight excluding hydrogens is 407 g/mol. The number of benzene rings is 3. The second-order valence-corrected chi connectivity index (χ2v) is 10.2. The Bertz CT molecular complexity index is 1040. The van der Waals surface area contributed by atoms with Gasteiger partial charge < -0.3 is 4.74 Å². The van der Waals surface area contributed by atoms with E-state index in [0.717, 1.165) is 34.4 Å². The largest absolute Gasteiger partial charge is 0.486 e. The molecule has 4 atom stereocenters. The van der Waals surface area contributed by atoms with Crippen molar-refractivity contribution >= 4 is 0 Å². The predicted octanol–water partition coefficient (Wildman–Crippen LogP) is 8.78. The van der Waals surface area contributed by atoms with Gasteiger partial charge in [0.1, 0.15) is 6.61 Å². The van der Waals surface area contributed by atoms with E-state index in [1.165, 1.54) is 50.5 Å². The zero-order valence-electron chi connectivity index (χ0n) is 19.7. The van der Waals surface area contributed by atoms with Gasteiger partial charge in [0.25, 0.3) is 0 Å². The van der Waals surface area contributed by atoms with E-state index in [4.69, 9.17) is 4.74 Å². The van der Waals surface area contributed by atoms with Gasteiger partial charge in [0, 0.05) is 0 Å². The quantitative estimate of drug-likeness (QED) is 0.371. The molecule has 0 heterocycles. The Morgan fingerprint density at radius 2 is 1.52 bits per heavy atom. The molecule has 5 rings (SSSR count). The van der Waals surface area contributed by atoms with Crippen LogP contribution in [0.1, 0.15) is 68.9 Å². The fourth-order valence-corrected chi connectivity index (χ4v) is 6.14. The van der Waals surface area contributed by atoms with E-state index in [9.17, 15) is 4.39 Å². The van der Waals surface area contributed by atoms with Crippen molar-refractivity contribution in [2.24, 2.45) is 17.8 Å². The van der Waals surface area contributed by atoms with Gasteiger partial charge >= 0.3 is 0 Å². The molecular formula is C31H35FO. The highest BCUT2D eigenvalue weighted by Gasteiger charge is 2.35. The van der Waals surface area contributed by atoms with E-state index in [-0.39, 0.29) is 5.82 Å². The second kappa shape index (κ2) is 10.1. The van der Waals surface area contributed by atoms with Crippen LogP contribution in [0.5, 0.6) is 5.75 Å². The van der Waals surface area contributed by atoms with E-state index >= 15 is 0 Å². The SMILES string of the molecule is CCC1CC[C@@H]2C[C@H](c3ccc(-c4ccc(OCc5ccccc5)c(F)c4)cc3)CC[C@@H]2C1. The summed E-state index contributed by atoms with van der Waals surface area (Å²) >= 11 is 0. The number of hydrogen-bond donors (Lipinski definition) is 0. The molecule has 3 aromatic rings. The van der Waals surface area contributed by atoms with Crippen molar-refractivity contribution in [3.8, 4) is 16.9 Å². The lowest BCUT2D eigenvalue weighted by Gasteiger charge is -2.42. The highest BCUT2D eigenvalue weighted by molar-refractivity contribution is 5.64. The molecule has 33 heavy (non-hydrogen) atoms. The third-order valence-corrected chi connectivity index (χ3v) is 8.18. The van der Waals surface area contributed by atoms with E-state index in [2.05, 4.69) is 31.2 Å². The molecule has 2 aliphatic carbocycles. The van der Waals surface area contributed by atoms with Gasteiger partial charge in [-0.25, -0.2) is 4.39 Å². The van der Waals surface area contributed by atoms with Gasteiger partial charge in [0.2, 0.25) is 0 Å². The maximum Gasteiger partial charge on any atom is 0.165 e. The van der Waals surface area contributed by atoms with Crippen LogP contribution in [0.2, 0.25) is 0 Å². The topological polar surface area (TPSA) is 9.23 Å². The van der Waals surface area contributed by atoms with Crippen molar-refractivity contribution in [2.75, 3.05) is 0 Å².